The van der Waals surface area contributed by atoms with E-state index in [9.17, 15) is 10.2 Å². The number of benzene rings is 1. The summed E-state index contributed by atoms with van der Waals surface area (Å²) >= 11 is 0. The van der Waals surface area contributed by atoms with Crippen LogP contribution in [0.4, 0.5) is 0 Å². The number of hydrogen-bond acceptors (Lipinski definition) is 5. The van der Waals surface area contributed by atoms with Crippen LogP contribution in [-0.4, -0.2) is 52.5 Å². The summed E-state index contributed by atoms with van der Waals surface area (Å²) in [6, 6.07) is 7.74. The van der Waals surface area contributed by atoms with E-state index in [0.717, 1.165) is 18.0 Å². The fraction of sp³-hybridized carbons (Fsp3) is 0.429. The van der Waals surface area contributed by atoms with Gasteiger partial charge in [0.1, 0.15) is 11.9 Å². The van der Waals surface area contributed by atoms with E-state index in [2.05, 4.69) is 4.98 Å². The summed E-state index contributed by atoms with van der Waals surface area (Å²) in [4.78, 5) is 3.09. The van der Waals surface area contributed by atoms with Gasteiger partial charge in [0.05, 0.1) is 12.7 Å². The molecule has 1 aliphatic rings. The Morgan fingerprint density at radius 1 is 1.25 bits per heavy atom. The molecule has 1 aliphatic heterocycles. The van der Waals surface area contributed by atoms with E-state index < -0.39 is 18.5 Å². The molecule has 0 bridgehead atoms. The monoisotopic (exact) mass is 281 g/mol. The van der Waals surface area contributed by atoms with Gasteiger partial charge in [-0.1, -0.05) is 12.1 Å². The van der Waals surface area contributed by atoms with Crippen LogP contribution in [0.2, 0.25) is 0 Å². The van der Waals surface area contributed by atoms with Crippen LogP contribution in [0.15, 0.2) is 30.5 Å². The molecule has 20 heavy (non-hydrogen) atoms. The molecule has 3 atom stereocenters. The molecule has 0 radical (unpaired) electrons. The Bertz CT molecular complexity index is 541. The molecule has 1 fully saturated rings. The maximum atomic E-state index is 9.79. The normalized spacial score (nSPS) is 25.9. The van der Waals surface area contributed by atoms with E-state index in [1.165, 1.54) is 0 Å². The van der Waals surface area contributed by atoms with Crippen molar-refractivity contribution in [3.05, 3.63) is 30.5 Å². The first-order valence-electron chi connectivity index (χ1n) is 6.39. The SMILES string of the molecule is CO.OC1C[C@@H](O)CO[C@H]1Oc1c[nH]c2ccccc12. The van der Waals surface area contributed by atoms with Gasteiger partial charge >= 0.3 is 0 Å². The van der Waals surface area contributed by atoms with Crippen molar-refractivity contribution < 1.29 is 24.8 Å². The van der Waals surface area contributed by atoms with Crippen LogP contribution in [0.25, 0.3) is 10.9 Å². The Kier molecular flexibility index (Phi) is 4.97. The lowest BCUT2D eigenvalue weighted by Gasteiger charge is -2.30. The average molecular weight is 281 g/mol. The first-order chi connectivity index (χ1) is 9.74. The van der Waals surface area contributed by atoms with Crippen molar-refractivity contribution >= 4 is 10.9 Å². The number of H-pyrrole nitrogens is 1. The lowest BCUT2D eigenvalue weighted by Crippen LogP contribution is -2.44. The third-order valence-electron chi connectivity index (χ3n) is 3.08. The highest BCUT2D eigenvalue weighted by atomic mass is 16.7. The van der Waals surface area contributed by atoms with Crippen LogP contribution >= 0.6 is 0 Å². The summed E-state index contributed by atoms with van der Waals surface area (Å²) in [5.74, 6) is 0.644. The Balaban J connectivity index is 0.000000704. The molecule has 3 rings (SSSR count). The van der Waals surface area contributed by atoms with Crippen molar-refractivity contribution in [2.24, 2.45) is 0 Å². The van der Waals surface area contributed by atoms with E-state index in [0.29, 0.717) is 5.75 Å². The maximum absolute atomic E-state index is 9.79. The third-order valence-corrected chi connectivity index (χ3v) is 3.08. The molecule has 0 amide bonds. The van der Waals surface area contributed by atoms with Crippen LogP contribution in [0.1, 0.15) is 6.42 Å². The summed E-state index contributed by atoms with van der Waals surface area (Å²) in [5.41, 5.74) is 0.970. The molecule has 4 N–H and O–H groups in total. The Morgan fingerprint density at radius 2 is 2.00 bits per heavy atom. The van der Waals surface area contributed by atoms with Crippen molar-refractivity contribution in [2.75, 3.05) is 13.7 Å². The number of aromatic nitrogens is 1. The second kappa shape index (κ2) is 6.71. The minimum Gasteiger partial charge on any atom is -0.460 e. The molecule has 6 heteroatoms. The van der Waals surface area contributed by atoms with Gasteiger partial charge in [-0.3, -0.25) is 0 Å². The third kappa shape index (κ3) is 3.10. The number of aliphatic hydroxyl groups excluding tert-OH is 3. The summed E-state index contributed by atoms with van der Waals surface area (Å²) in [7, 11) is 1.00. The first-order valence-corrected chi connectivity index (χ1v) is 6.39. The van der Waals surface area contributed by atoms with E-state index in [-0.39, 0.29) is 13.0 Å². The van der Waals surface area contributed by atoms with Crippen LogP contribution in [0, 0.1) is 0 Å². The molecule has 110 valence electrons. The molecule has 1 aromatic heterocycles. The topological polar surface area (TPSA) is 94.9 Å². The molecule has 6 nitrogen and oxygen atoms in total. The second-order valence-electron chi connectivity index (χ2n) is 4.47. The predicted molar refractivity (Wildman–Crippen MR) is 73.4 cm³/mol. The van der Waals surface area contributed by atoms with Gasteiger partial charge in [0.2, 0.25) is 6.29 Å². The molecule has 0 spiro atoms. The number of para-hydroxylation sites is 1. The second-order valence-corrected chi connectivity index (χ2v) is 4.47. The number of nitrogens with one attached hydrogen (secondary N) is 1. The summed E-state index contributed by atoms with van der Waals surface area (Å²) in [5, 5.41) is 27.1. The zero-order valence-corrected chi connectivity index (χ0v) is 11.2. The molecule has 2 aromatic rings. The molecule has 1 saturated heterocycles. The van der Waals surface area contributed by atoms with Gasteiger partial charge in [-0.05, 0) is 12.1 Å². The van der Waals surface area contributed by atoms with Gasteiger partial charge in [0.15, 0.2) is 0 Å². The van der Waals surface area contributed by atoms with Crippen molar-refractivity contribution in [1.82, 2.24) is 4.98 Å². The molecular formula is C14H19NO5. The lowest BCUT2D eigenvalue weighted by molar-refractivity contribution is -0.198. The van der Waals surface area contributed by atoms with Crippen molar-refractivity contribution in [3.8, 4) is 5.75 Å². The molecule has 2 heterocycles. The fourth-order valence-corrected chi connectivity index (χ4v) is 2.15. The van der Waals surface area contributed by atoms with Crippen molar-refractivity contribution in [3.63, 3.8) is 0 Å². The summed E-state index contributed by atoms with van der Waals surface area (Å²) < 4.78 is 10.9. The minimum atomic E-state index is -0.817. The van der Waals surface area contributed by atoms with Crippen molar-refractivity contribution in [1.29, 1.82) is 0 Å². The standard InChI is InChI=1S/C13H15NO4.CH4O/c15-8-5-11(16)13(17-7-8)18-12-6-14-10-4-2-1-3-9(10)12;1-2/h1-4,6,8,11,13-16H,5,7H2;2H,1H3/t8-,11?,13+;/m1./s1. The minimum absolute atomic E-state index is 0.185. The Labute approximate surface area is 116 Å². The van der Waals surface area contributed by atoms with Crippen LogP contribution in [0.3, 0.4) is 0 Å². The van der Waals surface area contributed by atoms with Crippen LogP contribution < -0.4 is 4.74 Å². The lowest BCUT2D eigenvalue weighted by atomic mass is 10.1. The Morgan fingerprint density at radius 3 is 2.75 bits per heavy atom. The zero-order chi connectivity index (χ0) is 14.5. The zero-order valence-electron chi connectivity index (χ0n) is 11.2. The number of ether oxygens (including phenoxy) is 2. The number of hydrogen-bond donors (Lipinski definition) is 4. The van der Waals surface area contributed by atoms with Gasteiger partial charge in [-0.15, -0.1) is 0 Å². The van der Waals surface area contributed by atoms with E-state index in [4.69, 9.17) is 14.6 Å². The molecule has 0 saturated carbocycles. The molecule has 1 unspecified atom stereocenters. The van der Waals surface area contributed by atoms with Crippen LogP contribution in [-0.2, 0) is 4.74 Å². The van der Waals surface area contributed by atoms with Crippen molar-refractivity contribution in [2.45, 2.75) is 24.9 Å². The van der Waals surface area contributed by atoms with Crippen LogP contribution in [0.5, 0.6) is 5.75 Å². The van der Waals surface area contributed by atoms with Gasteiger partial charge in [0.25, 0.3) is 0 Å². The number of aromatic amines is 1. The summed E-state index contributed by atoms with van der Waals surface area (Å²) in [6.45, 7) is 0.185. The van der Waals surface area contributed by atoms with Gasteiger partial charge in [-0.25, -0.2) is 0 Å². The first kappa shape index (κ1) is 14.8. The average Bonchev–Trinajstić information content (AvgIpc) is 2.88. The van der Waals surface area contributed by atoms with E-state index in [1.807, 2.05) is 24.3 Å². The number of aliphatic hydroxyl groups is 3. The van der Waals surface area contributed by atoms with E-state index in [1.54, 1.807) is 6.20 Å². The highest BCUT2D eigenvalue weighted by Crippen LogP contribution is 2.27. The van der Waals surface area contributed by atoms with Gasteiger partial charge < -0.3 is 29.8 Å². The maximum Gasteiger partial charge on any atom is 0.226 e. The van der Waals surface area contributed by atoms with E-state index >= 15 is 0 Å². The number of fused-ring (bicyclic) bond motifs is 1. The Hall–Kier alpha value is -1.60. The van der Waals surface area contributed by atoms with Gasteiger partial charge in [-0.2, -0.15) is 0 Å². The number of rotatable bonds is 2. The smallest absolute Gasteiger partial charge is 0.226 e. The molecule has 1 aromatic carbocycles. The highest BCUT2D eigenvalue weighted by Gasteiger charge is 2.30. The quantitative estimate of drug-likeness (QED) is 0.647. The predicted octanol–water partition coefficient (Wildman–Crippen LogP) is 0.623. The molecular weight excluding hydrogens is 262 g/mol. The fourth-order valence-electron chi connectivity index (χ4n) is 2.15. The molecule has 0 aliphatic carbocycles. The largest absolute Gasteiger partial charge is 0.460 e. The van der Waals surface area contributed by atoms with Gasteiger partial charge in [0, 0.05) is 30.6 Å². The summed E-state index contributed by atoms with van der Waals surface area (Å²) in [6.07, 6.45) is -0.156. The highest BCUT2D eigenvalue weighted by molar-refractivity contribution is 5.85.